The molecule has 0 N–H and O–H groups in total. The van der Waals surface area contributed by atoms with Gasteiger partial charge in [0.05, 0.1) is 0 Å². The van der Waals surface area contributed by atoms with Crippen molar-refractivity contribution in [2.75, 3.05) is 0 Å². The van der Waals surface area contributed by atoms with Crippen molar-refractivity contribution in [1.82, 2.24) is 0 Å². The van der Waals surface area contributed by atoms with Crippen molar-refractivity contribution in [1.29, 1.82) is 0 Å². The monoisotopic (exact) mass is 474 g/mol. The van der Waals surface area contributed by atoms with E-state index in [0.29, 0.717) is 5.92 Å². The molecule has 1 aromatic rings. The molecule has 0 aromatic heterocycles. The predicted octanol–water partition coefficient (Wildman–Crippen LogP) is 10.3. The van der Waals surface area contributed by atoms with Crippen LogP contribution in [0.3, 0.4) is 0 Å². The molecule has 35 heavy (non-hydrogen) atoms. The maximum atomic E-state index is 13.8. The summed E-state index contributed by atoms with van der Waals surface area (Å²) in [6.07, 6.45) is 7.07. The largest absolute Gasteiger partial charge is 0.294 e. The molecular weight excluding hydrogens is 424 g/mol. The fraction of sp³-hybridized carbons (Fsp3) is 0.500. The van der Waals surface area contributed by atoms with E-state index in [9.17, 15) is 4.79 Å². The van der Waals surface area contributed by atoms with E-state index in [1.807, 2.05) is 59.7 Å². The van der Waals surface area contributed by atoms with Crippen LogP contribution >= 0.6 is 0 Å². The topological polar surface area (TPSA) is 17.1 Å². The number of allylic oxidation sites excluding steroid dienone is 7. The highest BCUT2D eigenvalue weighted by atomic mass is 16.1. The summed E-state index contributed by atoms with van der Waals surface area (Å²) in [6, 6.07) is 10.4. The Labute approximate surface area is 216 Å². The van der Waals surface area contributed by atoms with Crippen LogP contribution in [0.1, 0.15) is 105 Å². The quantitative estimate of drug-likeness (QED) is 0.243. The molecule has 1 aliphatic rings. The number of ketones is 1. The molecule has 0 spiro atoms. The second kappa shape index (κ2) is 14.9. The molecule has 0 saturated heterocycles. The lowest BCUT2D eigenvalue weighted by atomic mass is 9.73. The lowest BCUT2D eigenvalue weighted by Crippen LogP contribution is -2.20. The molecule has 1 heteroatoms. The normalized spacial score (nSPS) is 18.6. The fourth-order valence-corrected chi connectivity index (χ4v) is 5.14. The zero-order valence-corrected chi connectivity index (χ0v) is 23.9. The Morgan fingerprint density at radius 3 is 2.09 bits per heavy atom. The predicted molar refractivity (Wildman–Crippen MR) is 156 cm³/mol. The van der Waals surface area contributed by atoms with E-state index in [1.165, 1.54) is 31.3 Å². The van der Waals surface area contributed by atoms with Crippen LogP contribution in [0.15, 0.2) is 89.1 Å². The van der Waals surface area contributed by atoms with Gasteiger partial charge in [0.15, 0.2) is 5.78 Å². The number of hydrogen-bond acceptors (Lipinski definition) is 1. The van der Waals surface area contributed by atoms with Gasteiger partial charge >= 0.3 is 0 Å². The van der Waals surface area contributed by atoms with Gasteiger partial charge in [0.1, 0.15) is 0 Å². The average molecular weight is 475 g/mol. The summed E-state index contributed by atoms with van der Waals surface area (Å²) < 4.78 is 0. The molecule has 0 radical (unpaired) electrons. The molecule has 1 aromatic carbocycles. The van der Waals surface area contributed by atoms with E-state index < -0.39 is 0 Å². The summed E-state index contributed by atoms with van der Waals surface area (Å²) in [5.74, 6) is 0.770. The van der Waals surface area contributed by atoms with Gasteiger partial charge in [-0.1, -0.05) is 121 Å². The van der Waals surface area contributed by atoms with E-state index in [0.717, 1.165) is 51.8 Å². The van der Waals surface area contributed by atoms with E-state index >= 15 is 0 Å². The van der Waals surface area contributed by atoms with Crippen molar-refractivity contribution in [2.45, 2.75) is 99.8 Å². The van der Waals surface area contributed by atoms with Gasteiger partial charge in [0, 0.05) is 17.4 Å². The third-order valence-corrected chi connectivity index (χ3v) is 6.96. The molecule has 2 rings (SSSR count). The highest BCUT2D eigenvalue weighted by Gasteiger charge is 2.30. The SMILES string of the molecule is C=C(C)C(=C)C(=C1\CCCC(CCC)C1)/C(C(=C)C)=C(/C(=O)C(C)C)C(C)c1ccccc1.CC. The van der Waals surface area contributed by atoms with Gasteiger partial charge in [-0.2, -0.15) is 0 Å². The fourth-order valence-electron chi connectivity index (χ4n) is 5.14. The van der Waals surface area contributed by atoms with Gasteiger partial charge in [-0.15, -0.1) is 0 Å². The maximum Gasteiger partial charge on any atom is 0.162 e. The smallest absolute Gasteiger partial charge is 0.162 e. The summed E-state index contributed by atoms with van der Waals surface area (Å²) in [5, 5.41) is 0. The van der Waals surface area contributed by atoms with Crippen molar-refractivity contribution in [3.8, 4) is 0 Å². The molecule has 1 aliphatic carbocycles. The van der Waals surface area contributed by atoms with Gasteiger partial charge in [-0.3, -0.25) is 4.79 Å². The number of hydrogen-bond donors (Lipinski definition) is 0. The molecule has 192 valence electrons. The second-order valence-electron chi connectivity index (χ2n) is 10.2. The number of rotatable bonds is 10. The van der Waals surface area contributed by atoms with Gasteiger partial charge in [-0.25, -0.2) is 0 Å². The Balaban J connectivity index is 0.00000298. The zero-order valence-electron chi connectivity index (χ0n) is 23.9. The first-order chi connectivity index (χ1) is 16.6. The first kappa shape index (κ1) is 30.6. The highest BCUT2D eigenvalue weighted by molar-refractivity contribution is 6.00. The maximum absolute atomic E-state index is 13.8. The van der Waals surface area contributed by atoms with Gasteiger partial charge in [0.25, 0.3) is 0 Å². The van der Waals surface area contributed by atoms with E-state index in [1.54, 1.807) is 0 Å². The molecule has 2 atom stereocenters. The molecule has 1 nitrogen and oxygen atoms in total. The van der Waals surface area contributed by atoms with Crippen LogP contribution < -0.4 is 0 Å². The standard InChI is InChI=1S/C32H44O.C2H6/c1-10-15-26-16-14-19-28(20-26)30(24(8)21(2)3)29(22(4)5)31(32(33)23(6)7)25(9)27-17-12-11-13-18-27;1-2/h11-13,17-18,23,25-26H,2,4,8,10,14-16,19-20H2,1,3,5-7,9H3;1-2H3/b30-28-,31-29+;. The number of carbonyl (C=O) groups excluding carboxylic acids is 1. The zero-order chi connectivity index (χ0) is 26.7. The summed E-state index contributed by atoms with van der Waals surface area (Å²) in [5.41, 5.74) is 8.44. The van der Waals surface area contributed by atoms with Crippen LogP contribution in [0.25, 0.3) is 0 Å². The van der Waals surface area contributed by atoms with E-state index in [2.05, 4.69) is 45.7 Å². The molecule has 0 bridgehead atoms. The lowest BCUT2D eigenvalue weighted by Gasteiger charge is -2.31. The van der Waals surface area contributed by atoms with Crippen LogP contribution in [0.5, 0.6) is 0 Å². The lowest BCUT2D eigenvalue weighted by molar-refractivity contribution is -0.118. The Kier molecular flexibility index (Phi) is 13.0. The van der Waals surface area contributed by atoms with Crippen LogP contribution in [0, 0.1) is 11.8 Å². The summed E-state index contributed by atoms with van der Waals surface area (Å²) >= 11 is 0. The highest BCUT2D eigenvalue weighted by Crippen LogP contribution is 2.43. The van der Waals surface area contributed by atoms with Crippen LogP contribution in [0.2, 0.25) is 0 Å². The van der Waals surface area contributed by atoms with E-state index in [4.69, 9.17) is 0 Å². The third-order valence-electron chi connectivity index (χ3n) is 6.96. The number of Topliss-reactive ketones (excluding diaryl/α,β-unsaturated/α-hetero) is 1. The van der Waals surface area contributed by atoms with E-state index in [-0.39, 0.29) is 17.6 Å². The summed E-state index contributed by atoms with van der Waals surface area (Å²) in [7, 11) is 0. The third kappa shape index (κ3) is 8.06. The van der Waals surface area contributed by atoms with Crippen molar-refractivity contribution in [2.24, 2.45) is 11.8 Å². The average Bonchev–Trinajstić information content (AvgIpc) is 2.85. The molecule has 0 heterocycles. The molecule has 0 aliphatic heterocycles. The molecule has 1 fully saturated rings. The molecule has 2 unspecified atom stereocenters. The first-order valence-electron chi connectivity index (χ1n) is 13.7. The second-order valence-corrected chi connectivity index (χ2v) is 10.2. The minimum atomic E-state index is -0.0935. The van der Waals surface area contributed by atoms with Crippen molar-refractivity contribution in [3.63, 3.8) is 0 Å². The van der Waals surface area contributed by atoms with Crippen LogP contribution in [0.4, 0.5) is 0 Å². The Morgan fingerprint density at radius 1 is 1.00 bits per heavy atom. The van der Waals surface area contributed by atoms with Crippen molar-refractivity contribution >= 4 is 5.78 Å². The van der Waals surface area contributed by atoms with Crippen LogP contribution in [-0.4, -0.2) is 5.78 Å². The van der Waals surface area contributed by atoms with Crippen LogP contribution in [-0.2, 0) is 4.79 Å². The number of carbonyl (C=O) groups is 1. The van der Waals surface area contributed by atoms with Gasteiger partial charge in [-0.05, 0) is 67.7 Å². The molecule has 0 amide bonds. The molecular formula is C34H50O. The van der Waals surface area contributed by atoms with Gasteiger partial charge < -0.3 is 0 Å². The minimum absolute atomic E-state index is 0.0312. The number of benzene rings is 1. The Morgan fingerprint density at radius 2 is 1.60 bits per heavy atom. The minimum Gasteiger partial charge on any atom is -0.294 e. The summed E-state index contributed by atoms with van der Waals surface area (Å²) in [4.78, 5) is 13.8. The Hall–Kier alpha value is -2.41. The van der Waals surface area contributed by atoms with Crippen molar-refractivity contribution in [3.05, 3.63) is 94.6 Å². The summed E-state index contributed by atoms with van der Waals surface area (Å²) in [6.45, 7) is 29.6. The van der Waals surface area contributed by atoms with Crippen molar-refractivity contribution < 1.29 is 4.79 Å². The Bertz CT molecular complexity index is 950. The van der Waals surface area contributed by atoms with Gasteiger partial charge in [0.2, 0.25) is 0 Å². The first-order valence-corrected chi connectivity index (χ1v) is 13.7. The molecule has 1 saturated carbocycles.